The average molecular weight is 328 g/mol. The molecule has 0 saturated carbocycles. The number of amides is 2. The lowest BCUT2D eigenvalue weighted by molar-refractivity contribution is -0.114. The number of nitrogens with zero attached hydrogens (tertiary/aromatic N) is 2. The standard InChI is InChI=1S/C17H20N4O3/c1-10(22)19-14-7-12-2-4-18-15(16(12)24-14)17(23)20-13-6-11-3-5-21(8-11)9-13/h2,4,7,11,13H,3,5-6,8-9H2,1H3,(H,19,22)(H,20,23)/t11-,13-/m1/s1. The molecule has 126 valence electrons. The molecule has 2 aliphatic rings. The minimum atomic E-state index is -0.225. The number of aromatic nitrogens is 1. The number of piperidine rings is 1. The fraction of sp³-hybridized carbons (Fsp3) is 0.471. The Labute approximate surface area is 139 Å². The van der Waals surface area contributed by atoms with Gasteiger partial charge in [-0.1, -0.05) is 0 Å². The van der Waals surface area contributed by atoms with Crippen LogP contribution in [0.25, 0.3) is 11.0 Å². The Kier molecular flexibility index (Phi) is 3.72. The van der Waals surface area contributed by atoms with Crippen LogP contribution in [0.3, 0.4) is 0 Å². The predicted molar refractivity (Wildman–Crippen MR) is 88.7 cm³/mol. The molecule has 4 heterocycles. The highest BCUT2D eigenvalue weighted by Crippen LogP contribution is 2.28. The van der Waals surface area contributed by atoms with E-state index in [2.05, 4.69) is 20.5 Å². The minimum Gasteiger partial charge on any atom is -0.438 e. The van der Waals surface area contributed by atoms with Crippen LogP contribution >= 0.6 is 0 Å². The van der Waals surface area contributed by atoms with Gasteiger partial charge >= 0.3 is 0 Å². The number of pyridine rings is 1. The molecule has 0 radical (unpaired) electrons. The van der Waals surface area contributed by atoms with E-state index < -0.39 is 0 Å². The molecule has 7 nitrogen and oxygen atoms in total. The van der Waals surface area contributed by atoms with Gasteiger partial charge in [-0.25, -0.2) is 4.98 Å². The fourth-order valence-corrected chi connectivity index (χ4v) is 3.78. The summed E-state index contributed by atoms with van der Waals surface area (Å²) in [5.41, 5.74) is 0.662. The zero-order valence-corrected chi connectivity index (χ0v) is 13.5. The molecule has 4 rings (SSSR count). The first-order valence-electron chi connectivity index (χ1n) is 8.28. The summed E-state index contributed by atoms with van der Waals surface area (Å²) in [7, 11) is 0. The Morgan fingerprint density at radius 1 is 1.38 bits per heavy atom. The molecule has 2 aromatic rings. The van der Waals surface area contributed by atoms with Crippen LogP contribution in [-0.2, 0) is 4.79 Å². The molecule has 1 unspecified atom stereocenters. The Bertz CT molecular complexity index is 788. The molecule has 0 aromatic carbocycles. The highest BCUT2D eigenvalue weighted by Gasteiger charge is 2.33. The number of carbonyl (C=O) groups excluding carboxylic acids is 2. The van der Waals surface area contributed by atoms with Crippen molar-refractivity contribution < 1.29 is 14.0 Å². The number of carbonyl (C=O) groups is 2. The van der Waals surface area contributed by atoms with Gasteiger partial charge in [0.1, 0.15) is 0 Å². The van der Waals surface area contributed by atoms with E-state index in [1.54, 1.807) is 18.3 Å². The van der Waals surface area contributed by atoms with Gasteiger partial charge in [0.15, 0.2) is 11.3 Å². The summed E-state index contributed by atoms with van der Waals surface area (Å²) in [5, 5.41) is 6.42. The molecule has 2 aliphatic heterocycles. The van der Waals surface area contributed by atoms with Crippen molar-refractivity contribution >= 4 is 28.7 Å². The van der Waals surface area contributed by atoms with Crippen LogP contribution in [0, 0.1) is 5.92 Å². The largest absolute Gasteiger partial charge is 0.438 e. The van der Waals surface area contributed by atoms with Crippen molar-refractivity contribution in [1.29, 1.82) is 0 Å². The summed E-state index contributed by atoms with van der Waals surface area (Å²) in [6.45, 7) is 4.58. The number of furan rings is 1. The highest BCUT2D eigenvalue weighted by atomic mass is 16.4. The smallest absolute Gasteiger partial charge is 0.274 e. The summed E-state index contributed by atoms with van der Waals surface area (Å²) in [5.74, 6) is 0.556. The maximum atomic E-state index is 12.7. The zero-order valence-electron chi connectivity index (χ0n) is 13.5. The van der Waals surface area contributed by atoms with Crippen LogP contribution in [0.15, 0.2) is 22.7 Å². The van der Waals surface area contributed by atoms with E-state index >= 15 is 0 Å². The summed E-state index contributed by atoms with van der Waals surface area (Å²) >= 11 is 0. The monoisotopic (exact) mass is 328 g/mol. The fourth-order valence-electron chi connectivity index (χ4n) is 3.78. The van der Waals surface area contributed by atoms with Crippen molar-refractivity contribution in [3.63, 3.8) is 0 Å². The predicted octanol–water partition coefficient (Wildman–Crippen LogP) is 1.61. The number of rotatable bonds is 3. The second-order valence-corrected chi connectivity index (χ2v) is 6.69. The van der Waals surface area contributed by atoms with Gasteiger partial charge in [0.2, 0.25) is 11.8 Å². The van der Waals surface area contributed by atoms with E-state index in [-0.39, 0.29) is 23.6 Å². The normalized spacial score (nSPS) is 25.6. The lowest BCUT2D eigenvalue weighted by Gasteiger charge is -2.30. The van der Waals surface area contributed by atoms with E-state index in [0.29, 0.717) is 17.4 Å². The molecule has 2 aromatic heterocycles. The minimum absolute atomic E-state index is 0.153. The van der Waals surface area contributed by atoms with Crippen LogP contribution in [0.2, 0.25) is 0 Å². The summed E-state index contributed by atoms with van der Waals surface area (Å²) in [4.78, 5) is 30.4. The van der Waals surface area contributed by atoms with E-state index in [9.17, 15) is 9.59 Å². The van der Waals surface area contributed by atoms with Crippen molar-refractivity contribution in [3.8, 4) is 0 Å². The van der Waals surface area contributed by atoms with Crippen molar-refractivity contribution in [2.24, 2.45) is 5.92 Å². The molecule has 2 N–H and O–H groups in total. The number of hydrogen-bond donors (Lipinski definition) is 2. The number of fused-ring (bicyclic) bond motifs is 3. The molecule has 24 heavy (non-hydrogen) atoms. The summed E-state index contributed by atoms with van der Waals surface area (Å²) in [6.07, 6.45) is 3.82. The molecule has 0 aliphatic carbocycles. The Balaban J connectivity index is 1.55. The van der Waals surface area contributed by atoms with Gasteiger partial charge in [-0.3, -0.25) is 14.9 Å². The molecule has 0 spiro atoms. The van der Waals surface area contributed by atoms with Gasteiger partial charge in [-0.15, -0.1) is 0 Å². The van der Waals surface area contributed by atoms with Crippen LogP contribution in [0.1, 0.15) is 30.3 Å². The summed E-state index contributed by atoms with van der Waals surface area (Å²) < 4.78 is 5.61. The molecule has 7 heteroatoms. The van der Waals surface area contributed by atoms with Crippen LogP contribution in [-0.4, -0.2) is 47.4 Å². The maximum absolute atomic E-state index is 12.7. The van der Waals surface area contributed by atoms with Crippen molar-refractivity contribution in [3.05, 3.63) is 24.0 Å². The molecular formula is C17H20N4O3. The van der Waals surface area contributed by atoms with Gasteiger partial charge in [0.05, 0.1) is 0 Å². The van der Waals surface area contributed by atoms with Gasteiger partial charge < -0.3 is 14.6 Å². The van der Waals surface area contributed by atoms with Crippen molar-refractivity contribution in [1.82, 2.24) is 15.2 Å². The highest BCUT2D eigenvalue weighted by molar-refractivity contribution is 6.04. The molecular weight excluding hydrogens is 308 g/mol. The molecule has 2 amide bonds. The zero-order chi connectivity index (χ0) is 16.7. The van der Waals surface area contributed by atoms with Crippen molar-refractivity contribution in [2.45, 2.75) is 25.8 Å². The topological polar surface area (TPSA) is 87.5 Å². The van der Waals surface area contributed by atoms with Gasteiger partial charge in [-0.05, 0) is 31.4 Å². The average Bonchev–Trinajstić information content (AvgIpc) is 3.08. The quantitative estimate of drug-likeness (QED) is 0.894. The summed E-state index contributed by atoms with van der Waals surface area (Å²) in [6, 6.07) is 3.61. The first-order chi connectivity index (χ1) is 11.6. The Hall–Kier alpha value is -2.41. The molecule has 3 atom stereocenters. The van der Waals surface area contributed by atoms with Gasteiger partial charge in [0, 0.05) is 43.7 Å². The Morgan fingerprint density at radius 2 is 2.25 bits per heavy atom. The lowest BCUT2D eigenvalue weighted by atomic mass is 9.97. The molecule has 2 fully saturated rings. The van der Waals surface area contributed by atoms with Gasteiger partial charge in [-0.2, -0.15) is 0 Å². The second kappa shape index (κ2) is 5.90. The van der Waals surface area contributed by atoms with Crippen molar-refractivity contribution in [2.75, 3.05) is 25.0 Å². The third-order valence-corrected chi connectivity index (χ3v) is 4.75. The first-order valence-corrected chi connectivity index (χ1v) is 8.28. The van der Waals surface area contributed by atoms with E-state index in [4.69, 9.17) is 4.42 Å². The lowest BCUT2D eigenvalue weighted by Crippen LogP contribution is -2.47. The maximum Gasteiger partial charge on any atom is 0.274 e. The molecule has 2 bridgehead atoms. The van der Waals surface area contributed by atoms with E-state index in [1.807, 2.05) is 0 Å². The number of nitrogens with one attached hydrogen (secondary N) is 2. The number of hydrogen-bond acceptors (Lipinski definition) is 5. The van der Waals surface area contributed by atoms with Crippen LogP contribution < -0.4 is 10.6 Å². The van der Waals surface area contributed by atoms with E-state index in [1.165, 1.54) is 13.3 Å². The Morgan fingerprint density at radius 3 is 3.04 bits per heavy atom. The van der Waals surface area contributed by atoms with Crippen LogP contribution in [0.4, 0.5) is 5.88 Å². The third kappa shape index (κ3) is 2.87. The molecule has 2 saturated heterocycles. The van der Waals surface area contributed by atoms with Gasteiger partial charge in [0.25, 0.3) is 5.91 Å². The number of anilines is 1. The SMILES string of the molecule is CC(=O)Nc1cc2ccnc(C(=O)N[C@@H]3C[C@H]4CCN(C4)C3)c2o1. The first kappa shape index (κ1) is 15.1. The third-order valence-electron chi connectivity index (χ3n) is 4.75. The van der Waals surface area contributed by atoms with Crippen LogP contribution in [0.5, 0.6) is 0 Å². The van der Waals surface area contributed by atoms with E-state index in [0.717, 1.165) is 31.4 Å². The second-order valence-electron chi connectivity index (χ2n) is 6.69.